The number of benzene rings is 2. The fraction of sp³-hybridized carbons (Fsp3) is 0.0667. The third kappa shape index (κ3) is 2.76. The van der Waals surface area contributed by atoms with E-state index in [0.717, 1.165) is 32.8 Å². The zero-order valence-corrected chi connectivity index (χ0v) is 12.9. The maximum absolute atomic E-state index is 5.85. The number of aromatic nitrogens is 2. The summed E-state index contributed by atoms with van der Waals surface area (Å²) >= 11 is 9.30. The van der Waals surface area contributed by atoms with Crippen molar-refractivity contribution in [3.05, 3.63) is 57.9 Å². The molecule has 100 valence electrons. The lowest BCUT2D eigenvalue weighted by Crippen LogP contribution is -1.91. The van der Waals surface area contributed by atoms with Crippen LogP contribution in [0.25, 0.3) is 10.9 Å². The molecule has 0 spiro atoms. The Labute approximate surface area is 129 Å². The molecule has 3 aromatic rings. The lowest BCUT2D eigenvalue weighted by atomic mass is 10.2. The van der Waals surface area contributed by atoms with Crippen molar-refractivity contribution in [2.75, 3.05) is 0 Å². The van der Waals surface area contributed by atoms with Crippen molar-refractivity contribution in [2.24, 2.45) is 0 Å². The van der Waals surface area contributed by atoms with E-state index in [9.17, 15) is 0 Å². The molecule has 20 heavy (non-hydrogen) atoms. The van der Waals surface area contributed by atoms with Crippen LogP contribution in [0.5, 0.6) is 11.5 Å². The largest absolute Gasteiger partial charge is 0.457 e. The van der Waals surface area contributed by atoms with Crippen LogP contribution in [-0.2, 0) is 0 Å². The summed E-state index contributed by atoms with van der Waals surface area (Å²) in [7, 11) is 0. The first-order valence-electron chi connectivity index (χ1n) is 5.99. The Morgan fingerprint density at radius 1 is 1.00 bits per heavy atom. The molecule has 1 aromatic heterocycles. The van der Waals surface area contributed by atoms with Crippen molar-refractivity contribution in [3.63, 3.8) is 0 Å². The predicted octanol–water partition coefficient (Wildman–Crippen LogP) is 5.15. The van der Waals surface area contributed by atoms with Crippen molar-refractivity contribution in [1.82, 2.24) is 9.97 Å². The second-order valence-corrected chi connectivity index (χ2v) is 5.48. The van der Waals surface area contributed by atoms with E-state index >= 15 is 0 Å². The number of nitrogens with zero attached hydrogens (tertiary/aromatic N) is 2. The van der Waals surface area contributed by atoms with E-state index in [0.29, 0.717) is 5.02 Å². The Kier molecular flexibility index (Phi) is 3.59. The Bertz CT molecular complexity index is 775. The molecule has 0 saturated carbocycles. The van der Waals surface area contributed by atoms with Crippen molar-refractivity contribution >= 4 is 38.4 Å². The minimum absolute atomic E-state index is 0.683. The summed E-state index contributed by atoms with van der Waals surface area (Å²) in [5.74, 6) is 2.20. The normalized spacial score (nSPS) is 10.8. The van der Waals surface area contributed by atoms with Crippen LogP contribution in [0.4, 0.5) is 0 Å². The quantitative estimate of drug-likeness (QED) is 0.600. The van der Waals surface area contributed by atoms with E-state index in [1.807, 2.05) is 37.3 Å². The van der Waals surface area contributed by atoms with Crippen molar-refractivity contribution in [3.8, 4) is 11.5 Å². The Balaban J connectivity index is 1.98. The van der Waals surface area contributed by atoms with E-state index in [1.54, 1.807) is 12.1 Å². The van der Waals surface area contributed by atoms with Crippen LogP contribution in [0.3, 0.4) is 0 Å². The number of rotatable bonds is 2. The predicted molar refractivity (Wildman–Crippen MR) is 83.5 cm³/mol. The lowest BCUT2D eigenvalue weighted by molar-refractivity contribution is 0.483. The highest BCUT2D eigenvalue weighted by atomic mass is 79.9. The molecule has 0 unspecified atom stereocenters. The topological polar surface area (TPSA) is 35.0 Å². The monoisotopic (exact) mass is 348 g/mol. The molecule has 0 bridgehead atoms. The summed E-state index contributed by atoms with van der Waals surface area (Å²) < 4.78 is 6.56. The highest BCUT2D eigenvalue weighted by molar-refractivity contribution is 9.10. The molecule has 0 fully saturated rings. The van der Waals surface area contributed by atoms with Gasteiger partial charge in [0.05, 0.1) is 5.52 Å². The Morgan fingerprint density at radius 3 is 2.45 bits per heavy atom. The van der Waals surface area contributed by atoms with Crippen molar-refractivity contribution in [2.45, 2.75) is 6.92 Å². The highest BCUT2D eigenvalue weighted by Gasteiger charge is 2.06. The van der Waals surface area contributed by atoms with E-state index < -0.39 is 0 Å². The molecule has 5 heteroatoms. The second kappa shape index (κ2) is 5.38. The minimum Gasteiger partial charge on any atom is -0.457 e. The number of aryl methyl sites for hydroxylation is 1. The lowest BCUT2D eigenvalue weighted by Gasteiger charge is -2.07. The number of fused-ring (bicyclic) bond motifs is 1. The molecule has 0 aliphatic rings. The number of hydrogen-bond donors (Lipinski definition) is 0. The fourth-order valence-electron chi connectivity index (χ4n) is 1.88. The molecule has 0 saturated heterocycles. The first kappa shape index (κ1) is 13.3. The van der Waals surface area contributed by atoms with Gasteiger partial charge >= 0.3 is 0 Å². The molecular weight excluding hydrogens is 340 g/mol. The molecular formula is C15H10BrClN2O. The van der Waals surface area contributed by atoms with Crippen LogP contribution in [0.15, 0.2) is 47.1 Å². The molecule has 0 radical (unpaired) electrons. The average molecular weight is 350 g/mol. The molecule has 1 heterocycles. The van der Waals surface area contributed by atoms with Gasteiger partial charge in [0.15, 0.2) is 0 Å². The van der Waals surface area contributed by atoms with Gasteiger partial charge in [0.25, 0.3) is 0 Å². The summed E-state index contributed by atoms with van der Waals surface area (Å²) in [6.45, 7) is 1.86. The van der Waals surface area contributed by atoms with Gasteiger partial charge < -0.3 is 4.74 Å². The zero-order chi connectivity index (χ0) is 14.1. The molecule has 0 N–H and O–H groups in total. The maximum Gasteiger partial charge on any atom is 0.128 e. The SMILES string of the molecule is Cc1nc(Br)c2cc(Oc3ccc(Cl)cc3)ccc2n1. The number of ether oxygens (including phenoxy) is 1. The summed E-state index contributed by atoms with van der Waals surface area (Å²) in [5.41, 5.74) is 0.882. The third-order valence-electron chi connectivity index (χ3n) is 2.78. The summed E-state index contributed by atoms with van der Waals surface area (Å²) in [6, 6.07) is 12.9. The number of halogens is 2. The molecule has 2 aromatic carbocycles. The van der Waals surface area contributed by atoms with Crippen LogP contribution in [-0.4, -0.2) is 9.97 Å². The summed E-state index contributed by atoms with van der Waals surface area (Å²) in [4.78, 5) is 8.68. The maximum atomic E-state index is 5.85. The number of hydrogen-bond acceptors (Lipinski definition) is 3. The molecule has 0 aliphatic heterocycles. The molecule has 3 nitrogen and oxygen atoms in total. The van der Waals surface area contributed by atoms with Crippen molar-refractivity contribution < 1.29 is 4.74 Å². The Hall–Kier alpha value is -1.65. The van der Waals surface area contributed by atoms with Gasteiger partial charge in [0.1, 0.15) is 21.9 Å². The molecule has 0 atom stereocenters. The van der Waals surface area contributed by atoms with Crippen LogP contribution in [0, 0.1) is 6.92 Å². The van der Waals surface area contributed by atoms with E-state index in [2.05, 4.69) is 25.9 Å². The summed E-state index contributed by atoms with van der Waals surface area (Å²) in [5, 5.41) is 1.60. The standard InChI is InChI=1S/C15H10BrClN2O/c1-9-18-14-7-6-12(8-13(14)15(16)19-9)20-11-4-2-10(17)3-5-11/h2-8H,1H3. The van der Waals surface area contributed by atoms with Gasteiger partial charge in [-0.05, 0) is 65.3 Å². The van der Waals surface area contributed by atoms with E-state index in [1.165, 1.54) is 0 Å². The first-order chi connectivity index (χ1) is 9.61. The average Bonchev–Trinajstić information content (AvgIpc) is 2.42. The van der Waals surface area contributed by atoms with Gasteiger partial charge in [-0.3, -0.25) is 0 Å². The van der Waals surface area contributed by atoms with Gasteiger partial charge in [0.2, 0.25) is 0 Å². The first-order valence-corrected chi connectivity index (χ1v) is 7.16. The van der Waals surface area contributed by atoms with Crippen LogP contribution in [0.1, 0.15) is 5.82 Å². The Morgan fingerprint density at radius 2 is 1.70 bits per heavy atom. The summed E-state index contributed by atoms with van der Waals surface area (Å²) in [6.07, 6.45) is 0. The highest BCUT2D eigenvalue weighted by Crippen LogP contribution is 2.28. The van der Waals surface area contributed by atoms with E-state index in [4.69, 9.17) is 16.3 Å². The zero-order valence-electron chi connectivity index (χ0n) is 10.6. The molecule has 0 aliphatic carbocycles. The van der Waals surface area contributed by atoms with Crippen molar-refractivity contribution in [1.29, 1.82) is 0 Å². The van der Waals surface area contributed by atoms with Gasteiger partial charge in [-0.25, -0.2) is 9.97 Å². The van der Waals surface area contributed by atoms with Gasteiger partial charge in [-0.2, -0.15) is 0 Å². The fourth-order valence-corrected chi connectivity index (χ4v) is 2.58. The smallest absolute Gasteiger partial charge is 0.128 e. The van der Waals surface area contributed by atoms with Gasteiger partial charge in [-0.1, -0.05) is 11.6 Å². The van der Waals surface area contributed by atoms with Gasteiger partial charge in [0, 0.05) is 10.4 Å². The van der Waals surface area contributed by atoms with Crippen LogP contribution in [0.2, 0.25) is 5.02 Å². The van der Waals surface area contributed by atoms with E-state index in [-0.39, 0.29) is 0 Å². The third-order valence-corrected chi connectivity index (χ3v) is 3.64. The molecule has 3 rings (SSSR count). The van der Waals surface area contributed by atoms with Crippen LogP contribution < -0.4 is 4.74 Å². The van der Waals surface area contributed by atoms with Gasteiger partial charge in [-0.15, -0.1) is 0 Å². The van der Waals surface area contributed by atoms with Crippen LogP contribution >= 0.6 is 27.5 Å². The second-order valence-electron chi connectivity index (χ2n) is 4.30. The molecule has 0 amide bonds. The minimum atomic E-state index is 0.683.